The molecule has 0 unspecified atom stereocenters. The predicted octanol–water partition coefficient (Wildman–Crippen LogP) is 4.73. The number of unbranched alkanes of at least 4 members (excludes halogenated alkanes) is 5. The van der Waals surface area contributed by atoms with E-state index < -0.39 is 0 Å². The summed E-state index contributed by atoms with van der Waals surface area (Å²) in [5.74, 6) is 0.934. The van der Waals surface area contributed by atoms with Crippen LogP contribution in [-0.4, -0.2) is 12.4 Å². The molecule has 0 amide bonds. The van der Waals surface area contributed by atoms with Crippen LogP contribution in [-0.2, 0) is 11.2 Å². The Hall–Kier alpha value is -1.02. The van der Waals surface area contributed by atoms with Gasteiger partial charge in [0.1, 0.15) is 5.75 Å². The average molecular weight is 283 g/mol. The molecule has 0 aromatic heterocycles. The minimum absolute atomic E-state index is 0.210. The summed E-state index contributed by atoms with van der Waals surface area (Å²) in [5.41, 5.74) is 1.34. The van der Waals surface area contributed by atoms with Crippen LogP contribution in [0.2, 0.25) is 0 Å². The molecule has 1 aromatic rings. The first-order valence-corrected chi connectivity index (χ1v) is 7.41. The first-order chi connectivity index (χ1) is 9.22. The molecule has 0 aliphatic carbocycles. The molecule has 2 nitrogen and oxygen atoms in total. The summed E-state index contributed by atoms with van der Waals surface area (Å²) < 4.78 is 5.21. The standard InChI is InChI=1S/C16H23ClO2/c1-19-15-11-8-10-14(13-15)9-6-4-2-3-5-7-12-16(17)18/h8,10-11,13H,2-7,9,12H2,1H3. The average Bonchev–Trinajstić information content (AvgIpc) is 2.41. The highest BCUT2D eigenvalue weighted by Crippen LogP contribution is 2.15. The number of hydrogen-bond donors (Lipinski definition) is 0. The van der Waals surface area contributed by atoms with Gasteiger partial charge in [0.05, 0.1) is 7.11 Å². The molecule has 1 aromatic carbocycles. The molecule has 0 bridgehead atoms. The van der Waals surface area contributed by atoms with Gasteiger partial charge in [0, 0.05) is 6.42 Å². The highest BCUT2D eigenvalue weighted by molar-refractivity contribution is 6.63. The third-order valence-corrected chi connectivity index (χ3v) is 3.41. The van der Waals surface area contributed by atoms with E-state index in [9.17, 15) is 4.79 Å². The van der Waals surface area contributed by atoms with Gasteiger partial charge in [0.25, 0.3) is 0 Å². The number of hydrogen-bond acceptors (Lipinski definition) is 2. The van der Waals surface area contributed by atoms with E-state index in [2.05, 4.69) is 12.1 Å². The van der Waals surface area contributed by atoms with Gasteiger partial charge in [-0.3, -0.25) is 4.79 Å². The summed E-state index contributed by atoms with van der Waals surface area (Å²) in [5, 5.41) is -0.210. The lowest BCUT2D eigenvalue weighted by molar-refractivity contribution is -0.111. The van der Waals surface area contributed by atoms with Crippen LogP contribution in [0.1, 0.15) is 50.5 Å². The summed E-state index contributed by atoms with van der Waals surface area (Å²) >= 11 is 5.28. The van der Waals surface area contributed by atoms with E-state index in [-0.39, 0.29) is 5.24 Å². The van der Waals surface area contributed by atoms with Crippen molar-refractivity contribution in [3.05, 3.63) is 29.8 Å². The zero-order valence-electron chi connectivity index (χ0n) is 11.7. The predicted molar refractivity (Wildman–Crippen MR) is 79.9 cm³/mol. The highest BCUT2D eigenvalue weighted by Gasteiger charge is 1.98. The van der Waals surface area contributed by atoms with Crippen LogP contribution in [0.4, 0.5) is 0 Å². The molecule has 0 spiro atoms. The van der Waals surface area contributed by atoms with Gasteiger partial charge in [-0.15, -0.1) is 0 Å². The van der Waals surface area contributed by atoms with Gasteiger partial charge in [0.2, 0.25) is 5.24 Å². The van der Waals surface area contributed by atoms with Gasteiger partial charge in [-0.05, 0) is 48.6 Å². The number of carbonyl (C=O) groups excluding carboxylic acids is 1. The Balaban J connectivity index is 2.02. The molecule has 0 saturated carbocycles. The van der Waals surface area contributed by atoms with Crippen LogP contribution in [0.15, 0.2) is 24.3 Å². The molecular formula is C16H23ClO2. The van der Waals surface area contributed by atoms with Gasteiger partial charge in [0.15, 0.2) is 0 Å². The van der Waals surface area contributed by atoms with Crippen LogP contribution in [0.25, 0.3) is 0 Å². The number of benzene rings is 1. The molecule has 3 heteroatoms. The largest absolute Gasteiger partial charge is 0.497 e. The smallest absolute Gasteiger partial charge is 0.221 e. The van der Waals surface area contributed by atoms with E-state index in [1.54, 1.807) is 7.11 Å². The molecule has 19 heavy (non-hydrogen) atoms. The van der Waals surface area contributed by atoms with E-state index in [4.69, 9.17) is 16.3 Å². The van der Waals surface area contributed by atoms with Crippen molar-refractivity contribution in [3.63, 3.8) is 0 Å². The van der Waals surface area contributed by atoms with Crippen LogP contribution < -0.4 is 4.74 Å². The Kier molecular flexibility index (Phi) is 8.31. The SMILES string of the molecule is COc1cccc(CCCCCCCCC(=O)Cl)c1. The molecule has 106 valence electrons. The molecular weight excluding hydrogens is 260 g/mol. The van der Waals surface area contributed by atoms with Gasteiger partial charge in [-0.25, -0.2) is 0 Å². The highest BCUT2D eigenvalue weighted by atomic mass is 35.5. The molecule has 0 radical (unpaired) electrons. The number of methoxy groups -OCH3 is 1. The Morgan fingerprint density at radius 1 is 1.11 bits per heavy atom. The van der Waals surface area contributed by atoms with Crippen molar-refractivity contribution >= 4 is 16.8 Å². The lowest BCUT2D eigenvalue weighted by Gasteiger charge is -2.04. The Bertz CT molecular complexity index is 377. The topological polar surface area (TPSA) is 26.3 Å². The minimum atomic E-state index is -0.210. The number of rotatable bonds is 10. The van der Waals surface area contributed by atoms with Crippen molar-refractivity contribution in [1.29, 1.82) is 0 Å². The van der Waals surface area contributed by atoms with Crippen molar-refractivity contribution in [2.45, 2.75) is 51.4 Å². The van der Waals surface area contributed by atoms with E-state index in [0.717, 1.165) is 25.0 Å². The molecule has 0 atom stereocenters. The van der Waals surface area contributed by atoms with E-state index in [1.807, 2.05) is 12.1 Å². The second-order valence-corrected chi connectivity index (χ2v) is 5.25. The summed E-state index contributed by atoms with van der Waals surface area (Å²) in [7, 11) is 1.70. The van der Waals surface area contributed by atoms with Crippen molar-refractivity contribution in [3.8, 4) is 5.75 Å². The lowest BCUT2D eigenvalue weighted by atomic mass is 10.0. The summed E-state index contributed by atoms with van der Waals surface area (Å²) in [6.45, 7) is 0. The van der Waals surface area contributed by atoms with E-state index >= 15 is 0 Å². The Labute approximate surface area is 121 Å². The zero-order valence-corrected chi connectivity index (χ0v) is 12.4. The maximum Gasteiger partial charge on any atom is 0.221 e. The number of ether oxygens (including phenoxy) is 1. The summed E-state index contributed by atoms with van der Waals surface area (Å²) in [6.07, 6.45) is 8.55. The van der Waals surface area contributed by atoms with Gasteiger partial charge in [-0.2, -0.15) is 0 Å². The lowest BCUT2D eigenvalue weighted by Crippen LogP contribution is -1.89. The maximum atomic E-state index is 10.5. The fourth-order valence-corrected chi connectivity index (χ4v) is 2.26. The zero-order chi connectivity index (χ0) is 13.9. The summed E-state index contributed by atoms with van der Waals surface area (Å²) in [6, 6.07) is 8.26. The molecule has 0 N–H and O–H groups in total. The fourth-order valence-electron chi connectivity index (χ4n) is 2.13. The normalized spacial score (nSPS) is 10.4. The van der Waals surface area contributed by atoms with Gasteiger partial charge >= 0.3 is 0 Å². The second kappa shape index (κ2) is 9.85. The second-order valence-electron chi connectivity index (χ2n) is 4.83. The van der Waals surface area contributed by atoms with E-state index in [0.29, 0.717) is 6.42 Å². The van der Waals surface area contributed by atoms with Gasteiger partial charge in [-0.1, -0.05) is 37.8 Å². The van der Waals surface area contributed by atoms with Crippen LogP contribution >= 0.6 is 11.6 Å². The first kappa shape index (κ1) is 16.0. The van der Waals surface area contributed by atoms with Crippen molar-refractivity contribution in [2.24, 2.45) is 0 Å². The molecule has 0 heterocycles. The minimum Gasteiger partial charge on any atom is -0.497 e. The van der Waals surface area contributed by atoms with Crippen molar-refractivity contribution in [1.82, 2.24) is 0 Å². The van der Waals surface area contributed by atoms with E-state index in [1.165, 1.54) is 31.2 Å². The molecule has 1 rings (SSSR count). The maximum absolute atomic E-state index is 10.5. The Morgan fingerprint density at radius 3 is 2.47 bits per heavy atom. The third-order valence-electron chi connectivity index (χ3n) is 3.22. The Morgan fingerprint density at radius 2 is 1.79 bits per heavy atom. The van der Waals surface area contributed by atoms with Crippen LogP contribution in [0.5, 0.6) is 5.75 Å². The quantitative estimate of drug-likeness (QED) is 0.458. The molecule has 0 aliphatic heterocycles. The first-order valence-electron chi connectivity index (χ1n) is 7.03. The molecule has 0 aliphatic rings. The number of aryl methyl sites for hydroxylation is 1. The number of carbonyl (C=O) groups is 1. The molecule has 0 fully saturated rings. The van der Waals surface area contributed by atoms with Crippen molar-refractivity contribution in [2.75, 3.05) is 7.11 Å². The van der Waals surface area contributed by atoms with Gasteiger partial charge < -0.3 is 4.74 Å². The van der Waals surface area contributed by atoms with Crippen molar-refractivity contribution < 1.29 is 9.53 Å². The summed E-state index contributed by atoms with van der Waals surface area (Å²) in [4.78, 5) is 10.5. The molecule has 0 saturated heterocycles. The monoisotopic (exact) mass is 282 g/mol. The van der Waals surface area contributed by atoms with Crippen LogP contribution in [0.3, 0.4) is 0 Å². The fraction of sp³-hybridized carbons (Fsp3) is 0.562. The number of halogens is 1. The third kappa shape index (κ3) is 7.89. The van der Waals surface area contributed by atoms with Crippen LogP contribution in [0, 0.1) is 0 Å².